The van der Waals surface area contributed by atoms with Gasteiger partial charge in [0.1, 0.15) is 0 Å². The summed E-state index contributed by atoms with van der Waals surface area (Å²) in [6, 6.07) is 14.8. The Balaban J connectivity index is 1.95. The third kappa shape index (κ3) is 3.13. The molecule has 0 aromatic heterocycles. The SMILES string of the molecule is O=C1C(=Cc2ccc(Cl)cc2)SC(=S)N1c1ccccc1Br. The summed E-state index contributed by atoms with van der Waals surface area (Å²) in [5.74, 6) is -0.114. The number of halogens is 2. The number of para-hydroxylation sites is 1. The highest BCUT2D eigenvalue weighted by Gasteiger charge is 2.34. The van der Waals surface area contributed by atoms with Crippen LogP contribution in [-0.4, -0.2) is 10.2 Å². The summed E-state index contributed by atoms with van der Waals surface area (Å²) in [4.78, 5) is 14.8. The Hall–Kier alpha value is -1.14. The Morgan fingerprint density at radius 3 is 2.50 bits per heavy atom. The molecule has 1 amide bonds. The summed E-state index contributed by atoms with van der Waals surface area (Å²) in [6.07, 6.45) is 1.83. The second-order valence-corrected chi connectivity index (χ2v) is 7.49. The van der Waals surface area contributed by atoms with Crippen LogP contribution in [-0.2, 0) is 4.79 Å². The smallest absolute Gasteiger partial charge is 0.268 e. The molecule has 2 aromatic carbocycles. The molecule has 3 rings (SSSR count). The number of hydrogen-bond donors (Lipinski definition) is 0. The lowest BCUT2D eigenvalue weighted by Crippen LogP contribution is -2.27. The zero-order valence-corrected chi connectivity index (χ0v) is 15.1. The lowest BCUT2D eigenvalue weighted by Gasteiger charge is -2.15. The Bertz CT molecular complexity index is 789. The molecule has 6 heteroatoms. The lowest BCUT2D eigenvalue weighted by atomic mass is 10.2. The summed E-state index contributed by atoms with van der Waals surface area (Å²) >= 11 is 16.0. The third-order valence-corrected chi connectivity index (χ3v) is 5.28. The highest BCUT2D eigenvalue weighted by atomic mass is 79.9. The fourth-order valence-electron chi connectivity index (χ4n) is 2.02. The fourth-order valence-corrected chi connectivity index (χ4v) is 3.89. The van der Waals surface area contributed by atoms with Crippen LogP contribution in [0.4, 0.5) is 5.69 Å². The van der Waals surface area contributed by atoms with Crippen LogP contribution in [0.1, 0.15) is 5.56 Å². The third-order valence-electron chi connectivity index (χ3n) is 3.05. The van der Waals surface area contributed by atoms with Gasteiger partial charge in [0.15, 0.2) is 4.32 Å². The zero-order chi connectivity index (χ0) is 15.7. The van der Waals surface area contributed by atoms with E-state index in [0.29, 0.717) is 14.2 Å². The van der Waals surface area contributed by atoms with Crippen molar-refractivity contribution in [1.82, 2.24) is 0 Å². The van der Waals surface area contributed by atoms with E-state index in [1.165, 1.54) is 11.8 Å². The first-order chi connectivity index (χ1) is 10.6. The van der Waals surface area contributed by atoms with Crippen molar-refractivity contribution in [2.24, 2.45) is 0 Å². The second-order valence-electron chi connectivity index (χ2n) is 4.52. The summed E-state index contributed by atoms with van der Waals surface area (Å²) in [7, 11) is 0. The molecular formula is C16H9BrClNOS2. The van der Waals surface area contributed by atoms with Gasteiger partial charge in [0, 0.05) is 9.50 Å². The molecule has 0 aliphatic carbocycles. The first kappa shape index (κ1) is 15.7. The maximum atomic E-state index is 12.6. The normalized spacial score (nSPS) is 16.6. The van der Waals surface area contributed by atoms with E-state index in [1.54, 1.807) is 17.0 Å². The van der Waals surface area contributed by atoms with Crippen LogP contribution in [0.3, 0.4) is 0 Å². The number of carbonyl (C=O) groups excluding carboxylic acids is 1. The van der Waals surface area contributed by atoms with Crippen molar-refractivity contribution in [3.05, 3.63) is 68.5 Å². The van der Waals surface area contributed by atoms with Gasteiger partial charge in [0.05, 0.1) is 10.6 Å². The van der Waals surface area contributed by atoms with Gasteiger partial charge < -0.3 is 0 Å². The van der Waals surface area contributed by atoms with Crippen LogP contribution in [0, 0.1) is 0 Å². The Morgan fingerprint density at radius 2 is 1.82 bits per heavy atom. The number of hydrogen-bond acceptors (Lipinski definition) is 3. The number of thioether (sulfide) groups is 1. The molecule has 1 aliphatic rings. The predicted molar refractivity (Wildman–Crippen MR) is 101 cm³/mol. The molecule has 2 aromatic rings. The number of amides is 1. The maximum absolute atomic E-state index is 12.6. The van der Waals surface area contributed by atoms with Crippen LogP contribution in [0.5, 0.6) is 0 Å². The van der Waals surface area contributed by atoms with E-state index in [9.17, 15) is 4.79 Å². The van der Waals surface area contributed by atoms with Gasteiger partial charge in [0.2, 0.25) is 0 Å². The largest absolute Gasteiger partial charge is 0.270 e. The Morgan fingerprint density at radius 1 is 1.14 bits per heavy atom. The van der Waals surface area contributed by atoms with Crippen molar-refractivity contribution in [3.63, 3.8) is 0 Å². The molecule has 0 spiro atoms. The minimum Gasteiger partial charge on any atom is -0.268 e. The zero-order valence-electron chi connectivity index (χ0n) is 11.1. The van der Waals surface area contributed by atoms with Crippen LogP contribution >= 0.6 is 51.5 Å². The van der Waals surface area contributed by atoms with E-state index in [1.807, 2.05) is 42.5 Å². The molecule has 0 unspecified atom stereocenters. The van der Waals surface area contributed by atoms with E-state index >= 15 is 0 Å². The van der Waals surface area contributed by atoms with Gasteiger partial charge in [-0.1, -0.05) is 59.8 Å². The molecule has 1 aliphatic heterocycles. The van der Waals surface area contributed by atoms with E-state index in [2.05, 4.69) is 15.9 Å². The highest BCUT2D eigenvalue weighted by molar-refractivity contribution is 9.10. The number of benzene rings is 2. The summed E-state index contributed by atoms with van der Waals surface area (Å²) in [5, 5.41) is 0.665. The summed E-state index contributed by atoms with van der Waals surface area (Å²) < 4.78 is 1.36. The van der Waals surface area contributed by atoms with Crippen molar-refractivity contribution < 1.29 is 4.79 Å². The number of nitrogens with zero attached hydrogens (tertiary/aromatic N) is 1. The first-order valence-electron chi connectivity index (χ1n) is 6.34. The average molecular weight is 411 g/mol. The van der Waals surface area contributed by atoms with Crippen LogP contribution in [0.2, 0.25) is 5.02 Å². The van der Waals surface area contributed by atoms with Gasteiger partial charge in [-0.05, 0) is 51.8 Å². The Kier molecular flexibility index (Phi) is 4.68. The number of carbonyl (C=O) groups is 1. The number of rotatable bonds is 2. The highest BCUT2D eigenvalue weighted by Crippen LogP contribution is 2.38. The van der Waals surface area contributed by atoms with E-state index < -0.39 is 0 Å². The van der Waals surface area contributed by atoms with Gasteiger partial charge in [-0.3, -0.25) is 9.69 Å². The molecule has 110 valence electrons. The first-order valence-corrected chi connectivity index (χ1v) is 8.74. The monoisotopic (exact) mass is 409 g/mol. The summed E-state index contributed by atoms with van der Waals surface area (Å²) in [6.45, 7) is 0. The summed E-state index contributed by atoms with van der Waals surface area (Å²) in [5.41, 5.74) is 1.67. The van der Waals surface area contributed by atoms with Crippen molar-refractivity contribution >= 4 is 73.5 Å². The van der Waals surface area contributed by atoms with Gasteiger partial charge in [-0.15, -0.1) is 0 Å². The number of anilines is 1. The minimum absolute atomic E-state index is 0.114. The second kappa shape index (κ2) is 6.54. The van der Waals surface area contributed by atoms with Crippen LogP contribution < -0.4 is 4.90 Å². The van der Waals surface area contributed by atoms with E-state index in [0.717, 1.165) is 15.7 Å². The van der Waals surface area contributed by atoms with E-state index in [-0.39, 0.29) is 5.91 Å². The maximum Gasteiger partial charge on any atom is 0.270 e. The lowest BCUT2D eigenvalue weighted by molar-refractivity contribution is -0.113. The van der Waals surface area contributed by atoms with E-state index in [4.69, 9.17) is 23.8 Å². The molecule has 0 N–H and O–H groups in total. The average Bonchev–Trinajstić information content (AvgIpc) is 2.77. The van der Waals surface area contributed by atoms with Gasteiger partial charge in [-0.25, -0.2) is 0 Å². The predicted octanol–water partition coefficient (Wildman–Crippen LogP) is 5.51. The molecule has 1 saturated heterocycles. The molecular weight excluding hydrogens is 402 g/mol. The van der Waals surface area contributed by atoms with Crippen molar-refractivity contribution in [1.29, 1.82) is 0 Å². The molecule has 0 atom stereocenters. The van der Waals surface area contributed by atoms with Gasteiger partial charge in [-0.2, -0.15) is 0 Å². The Labute approximate surface area is 151 Å². The number of thiocarbonyl (C=S) groups is 1. The van der Waals surface area contributed by atoms with Crippen molar-refractivity contribution in [3.8, 4) is 0 Å². The standard InChI is InChI=1S/C16H9BrClNOS2/c17-12-3-1-2-4-13(12)19-15(20)14(22-16(19)21)9-10-5-7-11(18)8-6-10/h1-9H. The molecule has 0 bridgehead atoms. The van der Waals surface area contributed by atoms with Crippen LogP contribution in [0.25, 0.3) is 6.08 Å². The molecule has 1 fully saturated rings. The quantitative estimate of drug-likeness (QED) is 0.481. The van der Waals surface area contributed by atoms with Crippen molar-refractivity contribution in [2.45, 2.75) is 0 Å². The van der Waals surface area contributed by atoms with Crippen LogP contribution in [0.15, 0.2) is 57.9 Å². The fraction of sp³-hybridized carbons (Fsp3) is 0. The molecule has 0 saturated carbocycles. The molecule has 2 nitrogen and oxygen atoms in total. The minimum atomic E-state index is -0.114. The molecule has 1 heterocycles. The van der Waals surface area contributed by atoms with Crippen molar-refractivity contribution in [2.75, 3.05) is 4.90 Å². The topological polar surface area (TPSA) is 20.3 Å². The van der Waals surface area contributed by atoms with Gasteiger partial charge >= 0.3 is 0 Å². The molecule has 22 heavy (non-hydrogen) atoms. The molecule has 0 radical (unpaired) electrons. The van der Waals surface area contributed by atoms with Gasteiger partial charge in [0.25, 0.3) is 5.91 Å².